The minimum absolute atomic E-state index is 0.0421. The maximum absolute atomic E-state index is 11.8. The van der Waals surface area contributed by atoms with E-state index in [2.05, 4.69) is 20.4 Å². The second-order valence-electron chi connectivity index (χ2n) is 3.70. The van der Waals surface area contributed by atoms with Gasteiger partial charge in [0.05, 0.1) is 6.61 Å². The Morgan fingerprint density at radius 1 is 1.21 bits per heavy atom. The predicted octanol–water partition coefficient (Wildman–Crippen LogP) is 1.16. The molecule has 2 N–H and O–H groups in total. The average Bonchev–Trinajstić information content (AvgIpc) is 2.32. The molecule has 8 heteroatoms. The lowest BCUT2D eigenvalue weighted by atomic mass is 10.4. The number of hydrogen-bond donors (Lipinski definition) is 2. The van der Waals surface area contributed by atoms with Crippen LogP contribution < -0.4 is 10.6 Å². The van der Waals surface area contributed by atoms with Crippen molar-refractivity contribution in [2.75, 3.05) is 46.6 Å². The Balaban J connectivity index is 3.72. The summed E-state index contributed by atoms with van der Waals surface area (Å²) >= 11 is 0. The number of guanidine groups is 1. The smallest absolute Gasteiger partial charge is 0.383 e. The van der Waals surface area contributed by atoms with Gasteiger partial charge in [0.2, 0.25) is 0 Å². The number of hydrogen-bond acceptors (Lipinski definition) is 3. The van der Waals surface area contributed by atoms with Gasteiger partial charge in [-0.1, -0.05) is 0 Å². The number of halogens is 3. The number of nitrogens with zero attached hydrogens (tertiary/aromatic N) is 1. The van der Waals surface area contributed by atoms with E-state index < -0.39 is 12.8 Å². The molecular formula is C11H22F3N3O2. The third-order valence-electron chi connectivity index (χ3n) is 1.93. The highest BCUT2D eigenvalue weighted by Crippen LogP contribution is 2.14. The predicted molar refractivity (Wildman–Crippen MR) is 67.3 cm³/mol. The summed E-state index contributed by atoms with van der Waals surface area (Å²) < 4.78 is 44.7. The molecule has 0 aliphatic heterocycles. The fraction of sp³-hybridized carbons (Fsp3) is 0.909. The number of nitrogens with one attached hydrogen (secondary N) is 2. The van der Waals surface area contributed by atoms with Crippen molar-refractivity contribution < 1.29 is 22.6 Å². The van der Waals surface area contributed by atoms with Gasteiger partial charge < -0.3 is 20.1 Å². The normalized spacial score (nSPS) is 12.6. The van der Waals surface area contributed by atoms with Gasteiger partial charge in [0.1, 0.15) is 6.61 Å². The van der Waals surface area contributed by atoms with E-state index >= 15 is 0 Å². The van der Waals surface area contributed by atoms with Gasteiger partial charge in [0.15, 0.2) is 5.96 Å². The van der Waals surface area contributed by atoms with Crippen LogP contribution in [0.5, 0.6) is 0 Å². The Bertz CT molecular complexity index is 248. The van der Waals surface area contributed by atoms with Gasteiger partial charge in [-0.25, -0.2) is 0 Å². The highest BCUT2D eigenvalue weighted by molar-refractivity contribution is 5.79. The van der Waals surface area contributed by atoms with Crippen molar-refractivity contribution in [1.29, 1.82) is 0 Å². The molecule has 0 saturated carbocycles. The Morgan fingerprint density at radius 3 is 2.53 bits per heavy atom. The van der Waals surface area contributed by atoms with E-state index in [1.54, 1.807) is 7.11 Å². The Hall–Kier alpha value is -1.02. The van der Waals surface area contributed by atoms with Crippen molar-refractivity contribution >= 4 is 5.96 Å². The standard InChI is InChI=1S/C11H22F3N3O2/c1-3-15-10(17-6-8-18-2)16-5-4-7-19-9-11(12,13)14/h3-9H2,1-2H3,(H2,15,16,17). The molecular weight excluding hydrogens is 263 g/mol. The Morgan fingerprint density at radius 2 is 1.95 bits per heavy atom. The van der Waals surface area contributed by atoms with Crippen molar-refractivity contribution in [1.82, 2.24) is 10.6 Å². The Kier molecular flexibility index (Phi) is 10.3. The van der Waals surface area contributed by atoms with E-state index in [0.717, 1.165) is 0 Å². The summed E-state index contributed by atoms with van der Waals surface area (Å²) in [5.41, 5.74) is 0. The van der Waals surface area contributed by atoms with E-state index in [0.29, 0.717) is 38.6 Å². The Labute approximate surface area is 111 Å². The van der Waals surface area contributed by atoms with Crippen LogP contribution >= 0.6 is 0 Å². The number of alkyl halides is 3. The lowest BCUT2D eigenvalue weighted by Crippen LogP contribution is -2.39. The second kappa shape index (κ2) is 10.9. The van der Waals surface area contributed by atoms with Crippen LogP contribution in [-0.4, -0.2) is 58.7 Å². The molecule has 0 atom stereocenters. The largest absolute Gasteiger partial charge is 0.411 e. The first-order valence-electron chi connectivity index (χ1n) is 6.15. The highest BCUT2D eigenvalue weighted by atomic mass is 19.4. The van der Waals surface area contributed by atoms with Crippen LogP contribution in [0.15, 0.2) is 4.99 Å². The number of rotatable bonds is 9. The van der Waals surface area contributed by atoms with Crippen molar-refractivity contribution in [2.24, 2.45) is 4.99 Å². The molecule has 0 heterocycles. The molecule has 0 aromatic carbocycles. The number of methoxy groups -OCH3 is 1. The zero-order chi connectivity index (χ0) is 14.6. The molecule has 0 aromatic rings. The molecule has 0 rings (SSSR count). The first-order chi connectivity index (χ1) is 8.99. The van der Waals surface area contributed by atoms with Gasteiger partial charge >= 0.3 is 6.18 Å². The average molecular weight is 285 g/mol. The van der Waals surface area contributed by atoms with Crippen molar-refractivity contribution in [2.45, 2.75) is 19.5 Å². The summed E-state index contributed by atoms with van der Waals surface area (Å²) in [6.07, 6.45) is -3.82. The monoisotopic (exact) mass is 285 g/mol. The molecule has 0 aliphatic rings. The third kappa shape index (κ3) is 13.2. The molecule has 5 nitrogen and oxygen atoms in total. The summed E-state index contributed by atoms with van der Waals surface area (Å²) in [5, 5.41) is 6.05. The van der Waals surface area contributed by atoms with Gasteiger partial charge in [0, 0.05) is 33.4 Å². The SMILES string of the molecule is CCNC(=NCCCOCC(F)(F)F)NCCOC. The van der Waals surface area contributed by atoms with Crippen molar-refractivity contribution in [3.8, 4) is 0 Å². The first-order valence-corrected chi connectivity index (χ1v) is 6.15. The topological polar surface area (TPSA) is 54.9 Å². The molecule has 114 valence electrons. The molecule has 0 fully saturated rings. The molecule has 0 amide bonds. The van der Waals surface area contributed by atoms with Crippen LogP contribution in [-0.2, 0) is 9.47 Å². The summed E-state index contributed by atoms with van der Waals surface area (Å²) in [5.74, 6) is 0.621. The molecule has 0 saturated heterocycles. The highest BCUT2D eigenvalue weighted by Gasteiger charge is 2.27. The fourth-order valence-corrected chi connectivity index (χ4v) is 1.16. The van der Waals surface area contributed by atoms with Gasteiger partial charge in [-0.05, 0) is 13.3 Å². The van der Waals surface area contributed by atoms with E-state index in [1.807, 2.05) is 6.92 Å². The summed E-state index contributed by atoms with van der Waals surface area (Å²) in [6, 6.07) is 0. The minimum atomic E-state index is -4.26. The maximum Gasteiger partial charge on any atom is 0.411 e. The summed E-state index contributed by atoms with van der Waals surface area (Å²) in [4.78, 5) is 4.20. The molecule has 0 spiro atoms. The molecule has 0 aliphatic carbocycles. The first kappa shape index (κ1) is 18.0. The second-order valence-corrected chi connectivity index (χ2v) is 3.70. The molecule has 0 unspecified atom stereocenters. The van der Waals surface area contributed by atoms with Crippen LogP contribution in [0.4, 0.5) is 13.2 Å². The third-order valence-corrected chi connectivity index (χ3v) is 1.93. The zero-order valence-corrected chi connectivity index (χ0v) is 11.3. The molecule has 0 radical (unpaired) electrons. The van der Waals surface area contributed by atoms with Crippen LogP contribution in [0.1, 0.15) is 13.3 Å². The van der Waals surface area contributed by atoms with Gasteiger partial charge in [-0.3, -0.25) is 4.99 Å². The fourth-order valence-electron chi connectivity index (χ4n) is 1.16. The molecule has 0 bridgehead atoms. The maximum atomic E-state index is 11.8. The van der Waals surface area contributed by atoms with Gasteiger partial charge in [-0.2, -0.15) is 13.2 Å². The van der Waals surface area contributed by atoms with Crippen molar-refractivity contribution in [3.63, 3.8) is 0 Å². The lowest BCUT2D eigenvalue weighted by molar-refractivity contribution is -0.173. The van der Waals surface area contributed by atoms with E-state index in [-0.39, 0.29) is 6.61 Å². The number of ether oxygens (including phenoxy) is 2. The van der Waals surface area contributed by atoms with Gasteiger partial charge in [0.25, 0.3) is 0 Å². The van der Waals surface area contributed by atoms with E-state index in [1.165, 1.54) is 0 Å². The minimum Gasteiger partial charge on any atom is -0.383 e. The quantitative estimate of drug-likeness (QED) is 0.379. The lowest BCUT2D eigenvalue weighted by Gasteiger charge is -2.11. The molecule has 0 aromatic heterocycles. The van der Waals surface area contributed by atoms with Gasteiger partial charge in [-0.15, -0.1) is 0 Å². The van der Waals surface area contributed by atoms with Crippen LogP contribution in [0.2, 0.25) is 0 Å². The summed E-state index contributed by atoms with van der Waals surface area (Å²) in [6.45, 7) is 3.05. The zero-order valence-electron chi connectivity index (χ0n) is 11.3. The van der Waals surface area contributed by atoms with E-state index in [4.69, 9.17) is 4.74 Å². The summed E-state index contributed by atoms with van der Waals surface area (Å²) in [7, 11) is 1.60. The number of aliphatic imine (C=N–C) groups is 1. The van der Waals surface area contributed by atoms with Crippen LogP contribution in [0.25, 0.3) is 0 Å². The van der Waals surface area contributed by atoms with Crippen molar-refractivity contribution in [3.05, 3.63) is 0 Å². The van der Waals surface area contributed by atoms with E-state index in [9.17, 15) is 13.2 Å². The molecule has 19 heavy (non-hydrogen) atoms. The van der Waals surface area contributed by atoms with Crippen LogP contribution in [0, 0.1) is 0 Å². The van der Waals surface area contributed by atoms with Crippen LogP contribution in [0.3, 0.4) is 0 Å².